The molecule has 0 aliphatic heterocycles. The van der Waals surface area contributed by atoms with Crippen LogP contribution in [-0.2, 0) is 6.42 Å². The molecule has 0 saturated heterocycles. The van der Waals surface area contributed by atoms with Crippen molar-refractivity contribution >= 4 is 28.9 Å². The minimum absolute atomic E-state index is 0.0263. The topological polar surface area (TPSA) is 75.8 Å². The molecule has 1 heterocycles. The summed E-state index contributed by atoms with van der Waals surface area (Å²) < 4.78 is 5.31. The average Bonchev–Trinajstić information content (AvgIpc) is 2.84. The predicted molar refractivity (Wildman–Crippen MR) is 75.0 cm³/mol. The van der Waals surface area contributed by atoms with Crippen molar-refractivity contribution in [2.75, 3.05) is 27.2 Å². The minimum atomic E-state index is -1.08. The lowest BCUT2D eigenvalue weighted by molar-refractivity contribution is 0.0952. The molecule has 1 aromatic heterocycles. The van der Waals surface area contributed by atoms with Gasteiger partial charge in [-0.15, -0.1) is 11.6 Å². The van der Waals surface area contributed by atoms with Gasteiger partial charge in [0.2, 0.25) is 17.3 Å². The molecular formula is C13H16ClN3O3. The second-order valence-electron chi connectivity index (χ2n) is 4.77. The molecule has 1 atom stereocenters. The Bertz CT molecular complexity index is 577. The number of hydrogen-bond acceptors (Lipinski definition) is 6. The van der Waals surface area contributed by atoms with Gasteiger partial charge in [-0.3, -0.25) is 14.6 Å². The van der Waals surface area contributed by atoms with Crippen molar-refractivity contribution in [3.63, 3.8) is 0 Å². The molecule has 2 rings (SSSR count). The smallest absolute Gasteiger partial charge is 0.246 e. The summed E-state index contributed by atoms with van der Waals surface area (Å²) in [6.45, 7) is 2.89. The number of aromatic nitrogens is 1. The molecule has 0 spiro atoms. The molecule has 0 saturated carbocycles. The number of aryl methyl sites for hydroxylation is 1. The van der Waals surface area contributed by atoms with Gasteiger partial charge in [0.25, 0.3) is 0 Å². The highest BCUT2D eigenvalue weighted by Crippen LogP contribution is 2.24. The van der Waals surface area contributed by atoms with Crippen molar-refractivity contribution in [2.45, 2.75) is 18.7 Å². The van der Waals surface area contributed by atoms with Crippen molar-refractivity contribution in [3.05, 3.63) is 17.3 Å². The Balaban J connectivity index is 2.33. The summed E-state index contributed by atoms with van der Waals surface area (Å²) in [4.78, 5) is 34.5. The number of ketones is 2. The molecule has 1 unspecified atom stereocenters. The van der Waals surface area contributed by atoms with Crippen molar-refractivity contribution in [1.29, 1.82) is 0 Å². The zero-order valence-corrected chi connectivity index (χ0v) is 12.4. The van der Waals surface area contributed by atoms with Crippen molar-refractivity contribution < 1.29 is 14.0 Å². The van der Waals surface area contributed by atoms with Gasteiger partial charge in [0.05, 0.1) is 6.54 Å². The number of Topliss-reactive ketones (excluding diaryl/α,β-unsaturated/α-hetero) is 2. The van der Waals surface area contributed by atoms with Crippen LogP contribution in [0.4, 0.5) is 0 Å². The number of oxazole rings is 1. The van der Waals surface area contributed by atoms with E-state index < -0.39 is 16.9 Å². The van der Waals surface area contributed by atoms with E-state index >= 15 is 0 Å². The molecule has 1 aliphatic carbocycles. The van der Waals surface area contributed by atoms with E-state index in [9.17, 15) is 9.59 Å². The third-order valence-corrected chi connectivity index (χ3v) is 3.35. The molecule has 0 aromatic carbocycles. The van der Waals surface area contributed by atoms with Crippen LogP contribution in [0.15, 0.2) is 9.41 Å². The Morgan fingerprint density at radius 3 is 2.70 bits per heavy atom. The van der Waals surface area contributed by atoms with E-state index in [0.717, 1.165) is 0 Å². The zero-order chi connectivity index (χ0) is 14.9. The highest BCUT2D eigenvalue weighted by atomic mass is 35.5. The molecule has 6 nitrogen and oxygen atoms in total. The first kappa shape index (κ1) is 14.9. The molecule has 0 N–H and O–H groups in total. The Labute approximate surface area is 121 Å². The number of nitrogens with zero attached hydrogens (tertiary/aromatic N) is 3. The molecule has 0 radical (unpaired) electrons. The lowest BCUT2D eigenvalue weighted by Crippen LogP contribution is -2.38. The van der Waals surface area contributed by atoms with Gasteiger partial charge in [0.15, 0.2) is 11.6 Å². The number of carbonyl (C=O) groups excluding carboxylic acids is 2. The fraction of sp³-hybridized carbons (Fsp3) is 0.538. The number of fused-ring (bicyclic) bond motifs is 1. The maximum Gasteiger partial charge on any atom is 0.246 e. The number of likely N-dealkylation sites (N-methyl/N-ethyl adjacent to an activating group) is 1. The van der Waals surface area contributed by atoms with E-state index in [-0.39, 0.29) is 17.2 Å². The third-order valence-electron chi connectivity index (χ3n) is 2.95. The van der Waals surface area contributed by atoms with Crippen LogP contribution in [0.2, 0.25) is 0 Å². The summed E-state index contributed by atoms with van der Waals surface area (Å²) in [6.07, 6.45) is 0.508. The molecule has 1 aliphatic rings. The summed E-state index contributed by atoms with van der Waals surface area (Å²) >= 11 is 6.03. The van der Waals surface area contributed by atoms with Gasteiger partial charge in [-0.05, 0) is 14.1 Å². The molecule has 0 fully saturated rings. The van der Waals surface area contributed by atoms with Gasteiger partial charge in [0, 0.05) is 13.0 Å². The zero-order valence-electron chi connectivity index (χ0n) is 11.6. The maximum atomic E-state index is 12.3. The normalized spacial score (nSPS) is 20.9. The minimum Gasteiger partial charge on any atom is -0.436 e. The Hall–Kier alpha value is -1.53. The van der Waals surface area contributed by atoms with Gasteiger partial charge in [-0.1, -0.05) is 6.92 Å². The number of halogens is 1. The predicted octanol–water partition coefficient (Wildman–Crippen LogP) is 1.23. The highest BCUT2D eigenvalue weighted by molar-refractivity contribution is 6.64. The van der Waals surface area contributed by atoms with Crippen molar-refractivity contribution in [2.24, 2.45) is 4.99 Å². The van der Waals surface area contributed by atoms with Crippen molar-refractivity contribution in [1.82, 2.24) is 9.88 Å². The molecule has 0 amide bonds. The summed E-state index contributed by atoms with van der Waals surface area (Å²) in [7, 11) is 3.79. The SMILES string of the molecule is CCc1nc2c(o1)C(=O)C(=NCCN(C)C)C(Cl)C2=O. The van der Waals surface area contributed by atoms with Crippen LogP contribution in [0.25, 0.3) is 0 Å². The average molecular weight is 298 g/mol. The quantitative estimate of drug-likeness (QED) is 0.781. The van der Waals surface area contributed by atoms with Crippen LogP contribution >= 0.6 is 11.6 Å². The number of alkyl halides is 1. The Morgan fingerprint density at radius 2 is 2.10 bits per heavy atom. The first-order valence-electron chi connectivity index (χ1n) is 6.37. The van der Waals surface area contributed by atoms with E-state index in [1.54, 1.807) is 0 Å². The highest BCUT2D eigenvalue weighted by Gasteiger charge is 2.41. The Morgan fingerprint density at radius 1 is 1.40 bits per heavy atom. The second kappa shape index (κ2) is 5.85. The summed E-state index contributed by atoms with van der Waals surface area (Å²) in [6, 6.07) is 0. The monoisotopic (exact) mass is 297 g/mol. The van der Waals surface area contributed by atoms with Gasteiger partial charge in [-0.25, -0.2) is 4.98 Å². The van der Waals surface area contributed by atoms with Gasteiger partial charge >= 0.3 is 0 Å². The van der Waals surface area contributed by atoms with Crippen molar-refractivity contribution in [3.8, 4) is 0 Å². The number of hydrogen-bond donors (Lipinski definition) is 0. The number of rotatable bonds is 4. The van der Waals surface area contributed by atoms with E-state index in [1.165, 1.54) is 0 Å². The van der Waals surface area contributed by atoms with Crippen LogP contribution < -0.4 is 0 Å². The standard InChI is InChI=1S/C13H16ClN3O3/c1-4-7-16-10-11(18)8(14)9(12(19)13(10)20-7)15-5-6-17(2)3/h8H,4-6H2,1-3H3. The van der Waals surface area contributed by atoms with Crippen LogP contribution in [0.3, 0.4) is 0 Å². The number of carbonyl (C=O) groups is 2. The van der Waals surface area contributed by atoms with Crippen LogP contribution in [0, 0.1) is 0 Å². The first-order chi connectivity index (χ1) is 9.45. The van der Waals surface area contributed by atoms with Gasteiger partial charge < -0.3 is 9.32 Å². The lowest BCUT2D eigenvalue weighted by Gasteiger charge is -2.15. The van der Waals surface area contributed by atoms with Gasteiger partial charge in [-0.2, -0.15) is 0 Å². The molecule has 1 aromatic rings. The van der Waals surface area contributed by atoms with E-state index in [4.69, 9.17) is 16.0 Å². The van der Waals surface area contributed by atoms with E-state index in [2.05, 4.69) is 9.98 Å². The Kier molecular flexibility index (Phi) is 4.35. The van der Waals surface area contributed by atoms with E-state index in [0.29, 0.717) is 25.4 Å². The molecule has 0 bridgehead atoms. The van der Waals surface area contributed by atoms with Gasteiger partial charge in [0.1, 0.15) is 11.1 Å². The lowest BCUT2D eigenvalue weighted by atomic mass is 9.96. The number of aliphatic imine (C=N–C) groups is 1. The summed E-state index contributed by atoms with van der Waals surface area (Å²) in [5.41, 5.74) is 0.0724. The van der Waals surface area contributed by atoms with Crippen LogP contribution in [0.1, 0.15) is 33.9 Å². The third kappa shape index (κ3) is 2.66. The fourth-order valence-electron chi connectivity index (χ4n) is 1.83. The molecular weight excluding hydrogens is 282 g/mol. The summed E-state index contributed by atoms with van der Waals surface area (Å²) in [5.74, 6) is -0.540. The second-order valence-corrected chi connectivity index (χ2v) is 5.20. The van der Waals surface area contributed by atoms with Crippen LogP contribution in [-0.4, -0.2) is 59.7 Å². The first-order valence-corrected chi connectivity index (χ1v) is 6.81. The van der Waals surface area contributed by atoms with Crippen LogP contribution in [0.5, 0.6) is 0 Å². The fourth-order valence-corrected chi connectivity index (χ4v) is 2.11. The van der Waals surface area contributed by atoms with E-state index in [1.807, 2.05) is 25.9 Å². The maximum absolute atomic E-state index is 12.3. The molecule has 7 heteroatoms. The summed E-state index contributed by atoms with van der Waals surface area (Å²) in [5, 5.41) is -1.08. The largest absolute Gasteiger partial charge is 0.436 e. The molecule has 20 heavy (non-hydrogen) atoms. The molecule has 108 valence electrons.